The van der Waals surface area contributed by atoms with Gasteiger partial charge in [-0.15, -0.1) is 0 Å². The summed E-state index contributed by atoms with van der Waals surface area (Å²) in [5, 5.41) is 0. The molecule has 1 aromatic rings. The highest BCUT2D eigenvalue weighted by atomic mass is 16.2. The molecule has 1 aliphatic heterocycles. The Labute approximate surface area is 125 Å². The average Bonchev–Trinajstić information content (AvgIpc) is 3.38. The molecule has 3 heteroatoms. The fourth-order valence-corrected chi connectivity index (χ4v) is 2.94. The summed E-state index contributed by atoms with van der Waals surface area (Å²) in [5.41, 5.74) is 3.91. The first-order valence-electron chi connectivity index (χ1n) is 7.80. The molecule has 0 unspecified atom stereocenters. The molecule has 1 aliphatic carbocycles. The van der Waals surface area contributed by atoms with Crippen LogP contribution in [-0.2, 0) is 4.79 Å². The molecule has 1 amide bonds. The average molecular weight is 283 g/mol. The fraction of sp³-hybridized carbons (Fsp3) is 0.444. The predicted octanol–water partition coefficient (Wildman–Crippen LogP) is 3.36. The summed E-state index contributed by atoms with van der Waals surface area (Å²) in [6.45, 7) is 1.66. The van der Waals surface area contributed by atoms with Gasteiger partial charge in [0, 0.05) is 31.5 Å². The first-order valence-corrected chi connectivity index (χ1v) is 7.80. The highest BCUT2D eigenvalue weighted by molar-refractivity contribution is 5.97. The molecule has 21 heavy (non-hydrogen) atoms. The minimum Gasteiger partial charge on any atom is -0.342 e. The van der Waals surface area contributed by atoms with Crippen molar-refractivity contribution in [1.29, 1.82) is 0 Å². The summed E-state index contributed by atoms with van der Waals surface area (Å²) in [6.07, 6.45) is 5.26. The summed E-state index contributed by atoms with van der Waals surface area (Å²) in [5.74, 6) is 0.181. The van der Waals surface area contributed by atoms with Crippen LogP contribution >= 0.6 is 0 Å². The molecule has 0 N–H and O–H groups in total. The third-order valence-corrected chi connectivity index (χ3v) is 4.38. The van der Waals surface area contributed by atoms with Gasteiger partial charge < -0.3 is 4.90 Å². The van der Waals surface area contributed by atoms with Gasteiger partial charge in [-0.3, -0.25) is 9.59 Å². The minimum absolute atomic E-state index is 0.0572. The number of ketones is 1. The number of amides is 1. The number of piperidine rings is 1. The number of likely N-dealkylation sites (tertiary alicyclic amines) is 1. The van der Waals surface area contributed by atoms with Crippen LogP contribution in [0.2, 0.25) is 0 Å². The largest absolute Gasteiger partial charge is 0.342 e. The zero-order valence-electron chi connectivity index (χ0n) is 12.3. The van der Waals surface area contributed by atoms with E-state index < -0.39 is 0 Å². The Morgan fingerprint density at radius 1 is 0.857 bits per heavy atom. The molecule has 1 saturated carbocycles. The first kappa shape index (κ1) is 14.1. The van der Waals surface area contributed by atoms with Crippen LogP contribution in [0.15, 0.2) is 41.5 Å². The summed E-state index contributed by atoms with van der Waals surface area (Å²) in [6, 6.07) is 9.21. The highest BCUT2D eigenvalue weighted by Crippen LogP contribution is 2.36. The van der Waals surface area contributed by atoms with Crippen molar-refractivity contribution in [3.8, 4) is 0 Å². The molecule has 0 bridgehead atoms. The number of Topliss-reactive ketones (excluding diaryl/α,β-unsaturated/α-hetero) is 1. The van der Waals surface area contributed by atoms with E-state index in [1.54, 1.807) is 11.1 Å². The lowest BCUT2D eigenvalue weighted by Gasteiger charge is -2.28. The van der Waals surface area contributed by atoms with E-state index >= 15 is 0 Å². The van der Waals surface area contributed by atoms with Crippen molar-refractivity contribution in [2.75, 3.05) is 13.1 Å². The molecular weight excluding hydrogens is 262 g/mol. The van der Waals surface area contributed by atoms with Crippen molar-refractivity contribution in [2.45, 2.75) is 38.5 Å². The summed E-state index contributed by atoms with van der Waals surface area (Å²) < 4.78 is 0. The molecule has 110 valence electrons. The third kappa shape index (κ3) is 3.60. The fourth-order valence-electron chi connectivity index (χ4n) is 2.94. The van der Waals surface area contributed by atoms with E-state index in [9.17, 15) is 9.59 Å². The Hall–Kier alpha value is -1.90. The highest BCUT2D eigenvalue weighted by Gasteiger charge is 2.24. The summed E-state index contributed by atoms with van der Waals surface area (Å²) in [4.78, 5) is 26.1. The maximum Gasteiger partial charge on any atom is 0.223 e. The molecule has 0 aromatic heterocycles. The van der Waals surface area contributed by atoms with Gasteiger partial charge in [0.15, 0.2) is 5.78 Å². The van der Waals surface area contributed by atoms with Crippen LogP contribution in [0.5, 0.6) is 0 Å². The second-order valence-electron chi connectivity index (χ2n) is 5.88. The number of nitrogens with zero attached hydrogens (tertiary/aromatic N) is 1. The molecule has 1 heterocycles. The minimum atomic E-state index is 0.0572. The molecular formula is C18H21NO2. The van der Waals surface area contributed by atoms with E-state index in [1.165, 1.54) is 12.8 Å². The first-order chi connectivity index (χ1) is 10.2. The van der Waals surface area contributed by atoms with Crippen LogP contribution in [0.3, 0.4) is 0 Å². The van der Waals surface area contributed by atoms with Crippen molar-refractivity contribution >= 4 is 11.7 Å². The van der Waals surface area contributed by atoms with Gasteiger partial charge in [-0.1, -0.05) is 41.5 Å². The van der Waals surface area contributed by atoms with Crippen molar-refractivity contribution in [2.24, 2.45) is 0 Å². The van der Waals surface area contributed by atoms with Gasteiger partial charge in [-0.05, 0) is 25.7 Å². The van der Waals surface area contributed by atoms with Gasteiger partial charge in [-0.25, -0.2) is 0 Å². The maximum atomic E-state index is 12.2. The van der Waals surface area contributed by atoms with Crippen molar-refractivity contribution in [3.63, 3.8) is 0 Å². The SMILES string of the molecule is O=C(CCC(=O)N1CCC(=C2CC2)CC1)c1ccccc1. The van der Waals surface area contributed by atoms with Crippen LogP contribution in [0.1, 0.15) is 48.9 Å². The molecule has 0 atom stereocenters. The molecule has 2 fully saturated rings. The van der Waals surface area contributed by atoms with Crippen LogP contribution in [0.25, 0.3) is 0 Å². The number of carbonyl (C=O) groups is 2. The molecule has 2 aliphatic rings. The van der Waals surface area contributed by atoms with Crippen molar-refractivity contribution in [3.05, 3.63) is 47.0 Å². The Balaban J connectivity index is 1.46. The summed E-state index contributed by atoms with van der Waals surface area (Å²) >= 11 is 0. The smallest absolute Gasteiger partial charge is 0.223 e. The molecule has 1 saturated heterocycles. The molecule has 3 nitrogen and oxygen atoms in total. The second kappa shape index (κ2) is 6.25. The number of hydrogen-bond acceptors (Lipinski definition) is 2. The zero-order chi connectivity index (χ0) is 14.7. The number of carbonyl (C=O) groups excluding carboxylic acids is 2. The third-order valence-electron chi connectivity index (χ3n) is 4.38. The van der Waals surface area contributed by atoms with E-state index in [-0.39, 0.29) is 11.7 Å². The zero-order valence-corrected chi connectivity index (χ0v) is 12.3. The van der Waals surface area contributed by atoms with E-state index in [1.807, 2.05) is 35.2 Å². The number of benzene rings is 1. The Morgan fingerprint density at radius 3 is 2.10 bits per heavy atom. The van der Waals surface area contributed by atoms with Gasteiger partial charge >= 0.3 is 0 Å². The quantitative estimate of drug-likeness (QED) is 0.627. The molecule has 3 rings (SSSR count). The molecule has 1 aromatic carbocycles. The Morgan fingerprint density at radius 2 is 1.48 bits per heavy atom. The van der Waals surface area contributed by atoms with Crippen LogP contribution < -0.4 is 0 Å². The predicted molar refractivity (Wildman–Crippen MR) is 82.1 cm³/mol. The van der Waals surface area contributed by atoms with Gasteiger partial charge in [0.1, 0.15) is 0 Å². The second-order valence-corrected chi connectivity index (χ2v) is 5.88. The normalized spacial score (nSPS) is 17.8. The van der Waals surface area contributed by atoms with Gasteiger partial charge in [0.05, 0.1) is 0 Å². The number of hydrogen-bond donors (Lipinski definition) is 0. The lowest BCUT2D eigenvalue weighted by molar-refractivity contribution is -0.131. The van der Waals surface area contributed by atoms with Crippen molar-refractivity contribution in [1.82, 2.24) is 4.90 Å². The number of rotatable bonds is 4. The van der Waals surface area contributed by atoms with E-state index in [4.69, 9.17) is 0 Å². The van der Waals surface area contributed by atoms with Gasteiger partial charge in [0.25, 0.3) is 0 Å². The van der Waals surface area contributed by atoms with Crippen molar-refractivity contribution < 1.29 is 9.59 Å². The monoisotopic (exact) mass is 283 g/mol. The van der Waals surface area contributed by atoms with Gasteiger partial charge in [-0.2, -0.15) is 0 Å². The maximum absolute atomic E-state index is 12.2. The number of allylic oxidation sites excluding steroid dienone is 1. The van der Waals surface area contributed by atoms with Gasteiger partial charge in [0.2, 0.25) is 5.91 Å². The van der Waals surface area contributed by atoms with Crippen LogP contribution in [-0.4, -0.2) is 29.7 Å². The standard InChI is InChI=1S/C18H21NO2/c20-17(16-4-2-1-3-5-16)8-9-18(21)19-12-10-15(11-13-19)14-6-7-14/h1-5H,6-13H2. The topological polar surface area (TPSA) is 37.4 Å². The van der Waals surface area contributed by atoms with Crippen LogP contribution in [0, 0.1) is 0 Å². The summed E-state index contributed by atoms with van der Waals surface area (Å²) in [7, 11) is 0. The molecule has 0 radical (unpaired) electrons. The van der Waals surface area contributed by atoms with E-state index in [0.717, 1.165) is 25.9 Å². The van der Waals surface area contributed by atoms with E-state index in [0.29, 0.717) is 18.4 Å². The van der Waals surface area contributed by atoms with E-state index in [2.05, 4.69) is 0 Å². The van der Waals surface area contributed by atoms with Crippen LogP contribution in [0.4, 0.5) is 0 Å². The lowest BCUT2D eigenvalue weighted by atomic mass is 10.0. The molecule has 0 spiro atoms. The Bertz CT molecular complexity index is 558. The lowest BCUT2D eigenvalue weighted by Crippen LogP contribution is -2.36. The Kier molecular flexibility index (Phi) is 4.18.